The van der Waals surface area contributed by atoms with Crippen molar-refractivity contribution in [1.82, 2.24) is 0 Å². The maximum absolute atomic E-state index is 11.5. The molecule has 0 bridgehead atoms. The fourth-order valence-corrected chi connectivity index (χ4v) is 0.196. The predicted molar refractivity (Wildman–Crippen MR) is 19.3 cm³/mol. The van der Waals surface area contributed by atoms with Crippen molar-refractivity contribution in [3.63, 3.8) is 0 Å². The van der Waals surface area contributed by atoms with Crippen LogP contribution in [-0.4, -0.2) is 18.4 Å². The van der Waals surface area contributed by atoms with Gasteiger partial charge in [0.2, 0.25) is 0 Å². The van der Waals surface area contributed by atoms with Gasteiger partial charge >= 0.3 is 18.4 Å². The summed E-state index contributed by atoms with van der Waals surface area (Å²) in [6, 6.07) is 0. The molecule has 0 spiro atoms. The molecule has 0 heterocycles. The average molecular weight is 198 g/mol. The van der Waals surface area contributed by atoms with Gasteiger partial charge in [-0.15, -0.1) is 18.1 Å². The normalized spacial score (nSPS) is 12.8. The van der Waals surface area contributed by atoms with E-state index in [0.717, 1.165) is 0 Å². The molecule has 0 atom stereocenters. The molecule has 0 aromatic rings. The Bertz CT molecular complexity index is 173. The minimum atomic E-state index is -5.60. The van der Waals surface area contributed by atoms with E-state index in [1.54, 1.807) is 4.94 Å². The second-order valence-electron chi connectivity index (χ2n) is 1.43. The Kier molecular flexibility index (Phi) is 2.91. The molecule has 0 aromatic carbocycles. The molecule has 72 valence electrons. The fraction of sp³-hybridized carbons (Fsp3) is 0.667. The first-order valence-corrected chi connectivity index (χ1v) is 2.17. The van der Waals surface area contributed by atoms with E-state index in [2.05, 4.69) is 4.74 Å². The first-order valence-electron chi connectivity index (χ1n) is 2.17. The largest absolute Gasteiger partial charge is 0.575 e. The number of carbonyl (C=O) groups is 1. The summed E-state index contributed by atoms with van der Waals surface area (Å²) < 4.78 is 68.9. The van der Waals surface area contributed by atoms with Gasteiger partial charge in [-0.3, -0.25) is 0 Å². The molecule has 0 fully saturated rings. The Morgan fingerprint density at radius 2 is 1.50 bits per heavy atom. The van der Waals surface area contributed by atoms with E-state index in [1.807, 2.05) is 0 Å². The van der Waals surface area contributed by atoms with Gasteiger partial charge in [-0.2, -0.15) is 8.78 Å². The predicted octanol–water partition coefficient (Wildman–Crippen LogP) is 1.54. The van der Waals surface area contributed by atoms with E-state index in [1.165, 1.54) is 0 Å². The van der Waals surface area contributed by atoms with Gasteiger partial charge in [0.15, 0.2) is 0 Å². The summed E-state index contributed by atoms with van der Waals surface area (Å²) in [6.07, 6.45) is -10.8. The molecular formula is C3F6O3. The summed E-state index contributed by atoms with van der Waals surface area (Å²) in [7, 11) is 0. The third-order valence-corrected chi connectivity index (χ3v) is 0.543. The van der Waals surface area contributed by atoms with Gasteiger partial charge < -0.3 is 4.74 Å². The van der Waals surface area contributed by atoms with Gasteiger partial charge in [-0.1, -0.05) is 0 Å². The van der Waals surface area contributed by atoms with Crippen LogP contribution in [0.4, 0.5) is 26.5 Å². The zero-order valence-electron chi connectivity index (χ0n) is 4.99. The molecule has 0 saturated carbocycles. The first kappa shape index (κ1) is 11.0. The average Bonchev–Trinajstić information content (AvgIpc) is 1.84. The zero-order chi connectivity index (χ0) is 9.99. The number of carbonyl (C=O) groups excluding carboxylic acids is 1. The van der Waals surface area contributed by atoms with Crippen LogP contribution >= 0.6 is 0 Å². The highest BCUT2D eigenvalue weighted by Gasteiger charge is 2.50. The lowest BCUT2D eigenvalue weighted by atomic mass is 10.6. The van der Waals surface area contributed by atoms with Crippen molar-refractivity contribution in [1.29, 1.82) is 0 Å². The lowest BCUT2D eigenvalue weighted by Crippen LogP contribution is -2.35. The summed E-state index contributed by atoms with van der Waals surface area (Å²) in [6.45, 7) is 0. The lowest BCUT2D eigenvalue weighted by molar-refractivity contribution is -0.370. The van der Waals surface area contributed by atoms with Gasteiger partial charge in [0, 0.05) is 0 Å². The quantitative estimate of drug-likeness (QED) is 0.498. The Hall–Kier alpha value is -0.990. The van der Waals surface area contributed by atoms with Crippen LogP contribution in [0.2, 0.25) is 0 Å². The Balaban J connectivity index is 4.23. The van der Waals surface area contributed by atoms with Crippen molar-refractivity contribution in [2.45, 2.75) is 12.5 Å². The number of halogens is 6. The van der Waals surface area contributed by atoms with Crippen molar-refractivity contribution >= 4 is 5.97 Å². The van der Waals surface area contributed by atoms with Crippen LogP contribution in [0.15, 0.2) is 0 Å². The number of hydrogen-bond donors (Lipinski definition) is 0. The third-order valence-electron chi connectivity index (χ3n) is 0.543. The first-order chi connectivity index (χ1) is 5.19. The molecular weight excluding hydrogens is 198 g/mol. The summed E-state index contributed by atoms with van der Waals surface area (Å²) in [5, 5.41) is 0. The molecule has 3 nitrogen and oxygen atoms in total. The summed E-state index contributed by atoms with van der Waals surface area (Å²) in [5.74, 6) is -3.17. The molecule has 0 aliphatic heterocycles. The van der Waals surface area contributed by atoms with Crippen LogP contribution in [0, 0.1) is 0 Å². The number of rotatable bonds is 2. The van der Waals surface area contributed by atoms with Gasteiger partial charge in [0.1, 0.15) is 0 Å². The van der Waals surface area contributed by atoms with Crippen LogP contribution < -0.4 is 0 Å². The van der Waals surface area contributed by atoms with Crippen LogP contribution in [-0.2, 0) is 14.5 Å². The number of ether oxygens (including phenoxy) is 1. The monoisotopic (exact) mass is 198 g/mol. The van der Waals surface area contributed by atoms with Gasteiger partial charge in [0.25, 0.3) is 0 Å². The van der Waals surface area contributed by atoms with Crippen molar-refractivity contribution in [2.24, 2.45) is 0 Å². The maximum Gasteiger partial charge on any atom is 0.575 e. The highest BCUT2D eigenvalue weighted by atomic mass is 19.4. The van der Waals surface area contributed by atoms with Gasteiger partial charge in [0.05, 0.1) is 0 Å². The maximum atomic E-state index is 11.5. The lowest BCUT2D eigenvalue weighted by Gasteiger charge is -2.10. The summed E-state index contributed by atoms with van der Waals surface area (Å²) in [4.78, 5) is 11.3. The van der Waals surface area contributed by atoms with Crippen molar-refractivity contribution < 1.29 is 41.0 Å². The molecule has 0 radical (unpaired) electrons. The van der Waals surface area contributed by atoms with E-state index in [-0.39, 0.29) is 0 Å². The zero-order valence-corrected chi connectivity index (χ0v) is 4.99. The highest BCUT2D eigenvalue weighted by molar-refractivity contribution is 5.75. The molecule has 9 heteroatoms. The summed E-state index contributed by atoms with van der Waals surface area (Å²) >= 11 is 0. The number of hydrogen-bond acceptors (Lipinski definition) is 3. The van der Waals surface area contributed by atoms with Crippen LogP contribution in [0.3, 0.4) is 0 Å². The van der Waals surface area contributed by atoms with E-state index in [9.17, 15) is 31.3 Å². The second kappa shape index (κ2) is 3.17. The van der Waals surface area contributed by atoms with E-state index in [0.29, 0.717) is 0 Å². The highest BCUT2D eigenvalue weighted by Crippen LogP contribution is 2.24. The fourth-order valence-electron chi connectivity index (χ4n) is 0.196. The second-order valence-corrected chi connectivity index (χ2v) is 1.43. The van der Waals surface area contributed by atoms with Crippen molar-refractivity contribution in [3.8, 4) is 0 Å². The molecule has 0 rings (SSSR count). The molecule has 0 aliphatic carbocycles. The summed E-state index contributed by atoms with van der Waals surface area (Å²) in [5.41, 5.74) is 0. The Labute approximate surface area is 60.8 Å². The van der Waals surface area contributed by atoms with Gasteiger partial charge in [-0.05, 0) is 4.53 Å². The van der Waals surface area contributed by atoms with Crippen LogP contribution in [0.25, 0.3) is 0 Å². The van der Waals surface area contributed by atoms with Crippen molar-refractivity contribution in [2.75, 3.05) is 0 Å². The smallest absolute Gasteiger partial charge is 0.366 e. The van der Waals surface area contributed by atoms with E-state index >= 15 is 0 Å². The SMILES string of the molecule is O=C(OC(F)(F)F)C(F)(F)OF. The van der Waals surface area contributed by atoms with Crippen LogP contribution in [0.1, 0.15) is 0 Å². The number of esters is 1. The van der Waals surface area contributed by atoms with E-state index in [4.69, 9.17) is 0 Å². The Morgan fingerprint density at radius 1 is 1.08 bits per heavy atom. The van der Waals surface area contributed by atoms with Gasteiger partial charge in [-0.25, -0.2) is 4.79 Å². The number of alkyl halides is 5. The molecule has 0 amide bonds. The molecule has 0 unspecified atom stereocenters. The topological polar surface area (TPSA) is 35.5 Å². The molecule has 12 heavy (non-hydrogen) atoms. The minimum Gasteiger partial charge on any atom is -0.366 e. The minimum absolute atomic E-state index is 1.64. The third kappa shape index (κ3) is 3.42. The molecule has 0 N–H and O–H groups in total. The molecule has 0 aromatic heterocycles. The standard InChI is InChI=1S/C3F6O3/c4-2(5,12-9)1(10)11-3(6,7)8. The van der Waals surface area contributed by atoms with Crippen molar-refractivity contribution in [3.05, 3.63) is 0 Å². The van der Waals surface area contributed by atoms with E-state index < -0.39 is 18.4 Å². The van der Waals surface area contributed by atoms with Crippen LogP contribution in [0.5, 0.6) is 0 Å². The molecule has 0 saturated heterocycles. The Morgan fingerprint density at radius 3 is 1.75 bits per heavy atom. The molecule has 0 aliphatic rings.